The molecule has 0 radical (unpaired) electrons. The molecule has 5 aromatic carbocycles. The van der Waals surface area contributed by atoms with E-state index < -0.39 is 0 Å². The maximum Gasteiger partial charge on any atom is 0.162 e. The van der Waals surface area contributed by atoms with E-state index in [1.807, 2.05) is 24.5 Å². The summed E-state index contributed by atoms with van der Waals surface area (Å²) in [5.74, 6) is 0. The van der Waals surface area contributed by atoms with Gasteiger partial charge in [0.05, 0.1) is 39.3 Å². The van der Waals surface area contributed by atoms with Crippen molar-refractivity contribution in [2.24, 2.45) is 0 Å². The normalized spacial score (nSPS) is 12.1. The number of aromatic nitrogens is 3. The zero-order valence-electron chi connectivity index (χ0n) is 20.9. The van der Waals surface area contributed by atoms with E-state index in [0.29, 0.717) is 0 Å². The van der Waals surface area contributed by atoms with Crippen molar-refractivity contribution in [1.82, 2.24) is 14.1 Å². The maximum atomic E-state index is 6.80. The fraction of sp³-hybridized carbons (Fsp3) is 0. The second kappa shape index (κ2) is 7.59. The Morgan fingerprint density at radius 2 is 1.08 bits per heavy atom. The number of fused-ring (bicyclic) bond motifs is 12. The van der Waals surface area contributed by atoms with Gasteiger partial charge in [-0.1, -0.05) is 72.8 Å². The van der Waals surface area contributed by atoms with Crippen molar-refractivity contribution in [2.45, 2.75) is 0 Å². The molecule has 4 nitrogen and oxygen atoms in total. The predicted octanol–water partition coefficient (Wildman–Crippen LogP) is 9.18. The van der Waals surface area contributed by atoms with Crippen LogP contribution in [0.2, 0.25) is 0 Å². The van der Waals surface area contributed by atoms with E-state index in [-0.39, 0.29) is 0 Å². The summed E-state index contributed by atoms with van der Waals surface area (Å²) in [6.45, 7) is 0. The third-order valence-electron chi connectivity index (χ3n) is 7.97. The number of hydrogen-bond donors (Lipinski definition) is 0. The van der Waals surface area contributed by atoms with Crippen molar-refractivity contribution in [3.63, 3.8) is 0 Å². The van der Waals surface area contributed by atoms with E-state index in [1.54, 1.807) is 0 Å². The van der Waals surface area contributed by atoms with Crippen LogP contribution in [-0.4, -0.2) is 14.1 Å². The van der Waals surface area contributed by atoms with Gasteiger partial charge >= 0.3 is 0 Å². The van der Waals surface area contributed by atoms with Crippen molar-refractivity contribution in [1.29, 1.82) is 0 Å². The van der Waals surface area contributed by atoms with Gasteiger partial charge in [0.25, 0.3) is 0 Å². The van der Waals surface area contributed by atoms with Crippen LogP contribution in [0.15, 0.2) is 132 Å². The van der Waals surface area contributed by atoms with Crippen LogP contribution in [0.25, 0.3) is 76.9 Å². The molecule has 4 heteroatoms. The standard InChI is InChI=1S/C35H21N3O/c1-2-11-22(12-3-1)37-27-17-7-5-15-25(27)31-30-24-14-4-8-18-28(24)38(23-13-10-20-36-21-23)33(30)32-26-16-6-9-19-29(26)39-35(32)34(31)37/h1-21H. The minimum atomic E-state index is 0.883. The molecule has 0 aliphatic rings. The van der Waals surface area contributed by atoms with Gasteiger partial charge in [-0.15, -0.1) is 0 Å². The van der Waals surface area contributed by atoms with Gasteiger partial charge < -0.3 is 13.6 Å². The molecular formula is C35H21N3O. The smallest absolute Gasteiger partial charge is 0.162 e. The van der Waals surface area contributed by atoms with Gasteiger partial charge in [-0.25, -0.2) is 0 Å². The number of pyridine rings is 1. The summed E-state index contributed by atoms with van der Waals surface area (Å²) in [7, 11) is 0. The highest BCUT2D eigenvalue weighted by Gasteiger charge is 2.27. The molecular weight excluding hydrogens is 478 g/mol. The fourth-order valence-electron chi connectivity index (χ4n) is 6.48. The molecule has 0 aliphatic heterocycles. The molecule has 9 aromatic rings. The first-order valence-electron chi connectivity index (χ1n) is 13.2. The van der Waals surface area contributed by atoms with Gasteiger partial charge in [0, 0.05) is 38.8 Å². The van der Waals surface area contributed by atoms with Crippen LogP contribution in [-0.2, 0) is 0 Å². The molecule has 0 saturated carbocycles. The second-order valence-corrected chi connectivity index (χ2v) is 10.0. The van der Waals surface area contributed by atoms with Gasteiger partial charge in [0.2, 0.25) is 0 Å². The molecule has 0 amide bonds. The summed E-state index contributed by atoms with van der Waals surface area (Å²) in [5, 5.41) is 7.08. The average molecular weight is 500 g/mol. The van der Waals surface area contributed by atoms with Crippen LogP contribution in [0.4, 0.5) is 0 Å². The first-order chi connectivity index (χ1) is 19.4. The first kappa shape index (κ1) is 20.7. The molecule has 0 atom stereocenters. The highest BCUT2D eigenvalue weighted by Crippen LogP contribution is 2.49. The first-order valence-corrected chi connectivity index (χ1v) is 13.2. The molecule has 0 bridgehead atoms. The lowest BCUT2D eigenvalue weighted by Gasteiger charge is -2.10. The van der Waals surface area contributed by atoms with Crippen LogP contribution in [0.5, 0.6) is 0 Å². The summed E-state index contributed by atoms with van der Waals surface area (Å²) in [6, 6.07) is 40.5. The van der Waals surface area contributed by atoms with Gasteiger partial charge in [0.15, 0.2) is 5.58 Å². The Kier molecular flexibility index (Phi) is 4.02. The Morgan fingerprint density at radius 3 is 1.79 bits per heavy atom. The van der Waals surface area contributed by atoms with Crippen molar-refractivity contribution in [3.8, 4) is 11.4 Å². The number of furan rings is 1. The van der Waals surface area contributed by atoms with Crippen molar-refractivity contribution < 1.29 is 4.42 Å². The van der Waals surface area contributed by atoms with E-state index in [9.17, 15) is 0 Å². The Labute approximate surface area is 222 Å². The fourth-order valence-corrected chi connectivity index (χ4v) is 6.48. The lowest BCUT2D eigenvalue weighted by atomic mass is 10.0. The van der Waals surface area contributed by atoms with Crippen LogP contribution >= 0.6 is 0 Å². The van der Waals surface area contributed by atoms with E-state index in [0.717, 1.165) is 55.4 Å². The van der Waals surface area contributed by atoms with Gasteiger partial charge in [-0.3, -0.25) is 4.98 Å². The van der Waals surface area contributed by atoms with E-state index >= 15 is 0 Å². The quantitative estimate of drug-likeness (QED) is 0.238. The van der Waals surface area contributed by atoms with Crippen LogP contribution in [0, 0.1) is 0 Å². The van der Waals surface area contributed by atoms with Gasteiger partial charge in [-0.2, -0.15) is 0 Å². The van der Waals surface area contributed by atoms with Crippen LogP contribution in [0.1, 0.15) is 0 Å². The van der Waals surface area contributed by atoms with Gasteiger partial charge in [0.1, 0.15) is 5.58 Å². The molecule has 0 fully saturated rings. The minimum Gasteiger partial charge on any atom is -0.454 e. The Bertz CT molecular complexity index is 2370. The third kappa shape index (κ3) is 2.65. The van der Waals surface area contributed by atoms with Crippen molar-refractivity contribution >= 4 is 65.6 Å². The Hall–Kier alpha value is -5.35. The van der Waals surface area contributed by atoms with E-state index in [2.05, 4.69) is 117 Å². The topological polar surface area (TPSA) is 35.9 Å². The number of benzene rings is 5. The number of para-hydroxylation sites is 4. The van der Waals surface area contributed by atoms with Gasteiger partial charge in [-0.05, 0) is 42.5 Å². The third-order valence-corrected chi connectivity index (χ3v) is 7.97. The molecule has 9 rings (SSSR count). The number of hydrogen-bond acceptors (Lipinski definition) is 2. The number of nitrogens with zero attached hydrogens (tertiary/aromatic N) is 3. The highest BCUT2D eigenvalue weighted by molar-refractivity contribution is 6.39. The zero-order valence-corrected chi connectivity index (χ0v) is 20.9. The van der Waals surface area contributed by atoms with Crippen molar-refractivity contribution in [3.05, 3.63) is 128 Å². The lowest BCUT2D eigenvalue weighted by Crippen LogP contribution is -1.96. The molecule has 182 valence electrons. The summed E-state index contributed by atoms with van der Waals surface area (Å²) in [6.07, 6.45) is 3.77. The summed E-state index contributed by atoms with van der Waals surface area (Å²) in [4.78, 5) is 4.49. The molecule has 0 N–H and O–H groups in total. The molecule has 4 heterocycles. The average Bonchev–Trinajstić information content (AvgIpc) is 3.66. The lowest BCUT2D eigenvalue weighted by molar-refractivity contribution is 0.671. The summed E-state index contributed by atoms with van der Waals surface area (Å²) in [5.41, 5.74) is 8.47. The predicted molar refractivity (Wildman–Crippen MR) is 160 cm³/mol. The SMILES string of the molecule is c1ccc(-n2c3ccccc3c3c4c5ccccc5n(-c5cccnc5)c4c4c5ccccc5oc4c32)cc1. The van der Waals surface area contributed by atoms with Crippen molar-refractivity contribution in [2.75, 3.05) is 0 Å². The highest BCUT2D eigenvalue weighted by atomic mass is 16.3. The minimum absolute atomic E-state index is 0.883. The molecule has 39 heavy (non-hydrogen) atoms. The Morgan fingerprint density at radius 1 is 0.487 bits per heavy atom. The monoisotopic (exact) mass is 499 g/mol. The van der Waals surface area contributed by atoms with E-state index in [4.69, 9.17) is 4.42 Å². The Balaban J connectivity index is 1.69. The number of rotatable bonds is 2. The molecule has 0 unspecified atom stereocenters. The molecule has 0 spiro atoms. The second-order valence-electron chi connectivity index (χ2n) is 10.0. The molecule has 4 aromatic heterocycles. The molecule has 0 aliphatic carbocycles. The van der Waals surface area contributed by atoms with E-state index in [1.165, 1.54) is 21.5 Å². The maximum absolute atomic E-state index is 6.80. The van der Waals surface area contributed by atoms with Crippen LogP contribution in [0.3, 0.4) is 0 Å². The zero-order chi connectivity index (χ0) is 25.5. The largest absolute Gasteiger partial charge is 0.454 e. The summed E-state index contributed by atoms with van der Waals surface area (Å²) < 4.78 is 11.5. The van der Waals surface area contributed by atoms with Crippen LogP contribution < -0.4 is 0 Å². The molecule has 0 saturated heterocycles. The summed E-state index contributed by atoms with van der Waals surface area (Å²) >= 11 is 0.